The summed E-state index contributed by atoms with van der Waals surface area (Å²) in [5.41, 5.74) is 0.531. The summed E-state index contributed by atoms with van der Waals surface area (Å²) in [6.45, 7) is 6.19. The second-order valence-corrected chi connectivity index (χ2v) is 6.43. The summed E-state index contributed by atoms with van der Waals surface area (Å²) in [7, 11) is 1.59. The molecule has 0 aromatic heterocycles. The van der Waals surface area contributed by atoms with Crippen LogP contribution >= 0.6 is 0 Å². The van der Waals surface area contributed by atoms with E-state index in [1.165, 1.54) is 0 Å². The molecule has 0 saturated carbocycles. The molecule has 1 aromatic carbocycles. The minimum absolute atomic E-state index is 0.0676. The number of hydrogen-bond acceptors (Lipinski definition) is 4. The van der Waals surface area contributed by atoms with Crippen molar-refractivity contribution in [3.63, 3.8) is 0 Å². The summed E-state index contributed by atoms with van der Waals surface area (Å²) >= 11 is 0. The molecule has 2 N–H and O–H groups in total. The number of aliphatic carboxylic acids is 2. The normalized spacial score (nSPS) is 12.9. The molecule has 6 heteroatoms. The molecular formula is C17H25NO5. The van der Waals surface area contributed by atoms with Crippen LogP contribution < -0.4 is 4.74 Å². The van der Waals surface area contributed by atoms with Gasteiger partial charge in [0.2, 0.25) is 0 Å². The van der Waals surface area contributed by atoms with Crippen molar-refractivity contribution >= 4 is 11.9 Å². The van der Waals surface area contributed by atoms with Gasteiger partial charge in [0.1, 0.15) is 11.8 Å². The lowest BCUT2D eigenvalue weighted by Gasteiger charge is -2.40. The standard InChI is InChI=1S/C17H25NO5/c1-17(2,3)18(14(16(21)22)9-10-15(19)20)11-12-5-7-13(23-4)8-6-12/h5-8,14H,9-11H2,1-4H3,(H,19,20)(H,21,22)/t14-/m0/s1. The first-order chi connectivity index (χ1) is 10.6. The number of methoxy groups -OCH3 is 1. The van der Waals surface area contributed by atoms with Gasteiger partial charge in [-0.05, 0) is 44.9 Å². The highest BCUT2D eigenvalue weighted by molar-refractivity contribution is 5.75. The summed E-state index contributed by atoms with van der Waals surface area (Å²) in [4.78, 5) is 24.3. The molecule has 0 amide bonds. The maximum Gasteiger partial charge on any atom is 0.320 e. The average Bonchev–Trinajstić information content (AvgIpc) is 2.45. The molecule has 0 aliphatic carbocycles. The second kappa shape index (κ2) is 7.97. The lowest BCUT2D eigenvalue weighted by molar-refractivity contribution is -0.147. The van der Waals surface area contributed by atoms with Gasteiger partial charge in [-0.2, -0.15) is 0 Å². The first-order valence-corrected chi connectivity index (χ1v) is 7.49. The molecule has 0 spiro atoms. The Morgan fingerprint density at radius 1 is 1.17 bits per heavy atom. The monoisotopic (exact) mass is 323 g/mol. The highest BCUT2D eigenvalue weighted by Gasteiger charge is 2.33. The van der Waals surface area contributed by atoms with Gasteiger partial charge in [0, 0.05) is 18.5 Å². The molecule has 1 rings (SSSR count). The molecule has 0 unspecified atom stereocenters. The van der Waals surface area contributed by atoms with E-state index in [2.05, 4.69) is 0 Å². The highest BCUT2D eigenvalue weighted by Crippen LogP contribution is 2.24. The topological polar surface area (TPSA) is 87.1 Å². The molecule has 23 heavy (non-hydrogen) atoms. The summed E-state index contributed by atoms with van der Waals surface area (Å²) in [6.07, 6.45) is -0.107. The van der Waals surface area contributed by atoms with Gasteiger partial charge in [0.05, 0.1) is 7.11 Å². The number of carboxylic acid groups (broad SMARTS) is 2. The average molecular weight is 323 g/mol. The van der Waals surface area contributed by atoms with Gasteiger partial charge in [-0.3, -0.25) is 14.5 Å². The molecule has 1 atom stereocenters. The number of rotatable bonds is 8. The molecule has 0 radical (unpaired) electrons. The zero-order chi connectivity index (χ0) is 17.6. The number of carboxylic acids is 2. The van der Waals surface area contributed by atoms with Crippen LogP contribution in [0.25, 0.3) is 0 Å². The first kappa shape index (κ1) is 19.0. The van der Waals surface area contributed by atoms with Crippen LogP contribution in [0.2, 0.25) is 0 Å². The predicted molar refractivity (Wildman–Crippen MR) is 86.6 cm³/mol. The van der Waals surface area contributed by atoms with E-state index in [1.807, 2.05) is 49.9 Å². The van der Waals surface area contributed by atoms with E-state index in [9.17, 15) is 14.7 Å². The van der Waals surface area contributed by atoms with Crippen molar-refractivity contribution in [3.05, 3.63) is 29.8 Å². The lowest BCUT2D eigenvalue weighted by Crippen LogP contribution is -2.51. The number of benzene rings is 1. The van der Waals surface area contributed by atoms with Crippen LogP contribution in [0.1, 0.15) is 39.2 Å². The number of hydrogen-bond donors (Lipinski definition) is 2. The van der Waals surface area contributed by atoms with Gasteiger partial charge in [-0.1, -0.05) is 12.1 Å². The van der Waals surface area contributed by atoms with E-state index >= 15 is 0 Å². The third-order valence-electron chi connectivity index (χ3n) is 3.67. The summed E-state index contributed by atoms with van der Waals surface area (Å²) in [6, 6.07) is 6.56. The lowest BCUT2D eigenvalue weighted by atomic mass is 9.98. The molecule has 0 aliphatic rings. The van der Waals surface area contributed by atoms with Crippen LogP contribution in [-0.4, -0.2) is 45.7 Å². The van der Waals surface area contributed by atoms with Crippen LogP contribution in [0.5, 0.6) is 5.75 Å². The molecule has 0 saturated heterocycles. The summed E-state index contributed by atoms with van der Waals surface area (Å²) in [5, 5.41) is 18.4. The Labute approximate surface area is 136 Å². The van der Waals surface area contributed by atoms with Crippen molar-refractivity contribution < 1.29 is 24.5 Å². The van der Waals surface area contributed by atoms with E-state index in [4.69, 9.17) is 9.84 Å². The minimum Gasteiger partial charge on any atom is -0.497 e. The molecule has 0 heterocycles. The van der Waals surface area contributed by atoms with Gasteiger partial charge >= 0.3 is 11.9 Å². The third kappa shape index (κ3) is 5.90. The van der Waals surface area contributed by atoms with E-state index in [-0.39, 0.29) is 12.8 Å². The molecule has 1 aromatic rings. The van der Waals surface area contributed by atoms with Crippen LogP contribution in [0.4, 0.5) is 0 Å². The Hall–Kier alpha value is -2.08. The molecule has 6 nitrogen and oxygen atoms in total. The van der Waals surface area contributed by atoms with Crippen molar-refractivity contribution in [2.24, 2.45) is 0 Å². The van der Waals surface area contributed by atoms with Crippen LogP contribution in [-0.2, 0) is 16.1 Å². The van der Waals surface area contributed by atoms with Crippen LogP contribution in [0.3, 0.4) is 0 Å². The van der Waals surface area contributed by atoms with Gasteiger partial charge in [0.25, 0.3) is 0 Å². The minimum atomic E-state index is -1.00. The predicted octanol–water partition coefficient (Wildman–Crippen LogP) is 2.61. The summed E-state index contributed by atoms with van der Waals surface area (Å²) < 4.78 is 5.12. The molecular weight excluding hydrogens is 298 g/mol. The van der Waals surface area contributed by atoms with Crippen molar-refractivity contribution in [1.29, 1.82) is 0 Å². The van der Waals surface area contributed by atoms with Gasteiger partial charge in [0.15, 0.2) is 0 Å². The Morgan fingerprint density at radius 2 is 1.74 bits per heavy atom. The largest absolute Gasteiger partial charge is 0.497 e. The quantitative estimate of drug-likeness (QED) is 0.765. The van der Waals surface area contributed by atoms with Crippen molar-refractivity contribution in [3.8, 4) is 5.75 Å². The van der Waals surface area contributed by atoms with Crippen LogP contribution in [0.15, 0.2) is 24.3 Å². The fourth-order valence-corrected chi connectivity index (χ4v) is 2.42. The van der Waals surface area contributed by atoms with E-state index < -0.39 is 23.5 Å². The van der Waals surface area contributed by atoms with Crippen molar-refractivity contribution in [1.82, 2.24) is 4.90 Å². The maximum atomic E-state index is 11.6. The van der Waals surface area contributed by atoms with E-state index in [0.29, 0.717) is 6.54 Å². The number of ether oxygens (including phenoxy) is 1. The van der Waals surface area contributed by atoms with Gasteiger partial charge in [-0.15, -0.1) is 0 Å². The third-order valence-corrected chi connectivity index (χ3v) is 3.67. The van der Waals surface area contributed by atoms with E-state index in [0.717, 1.165) is 11.3 Å². The Morgan fingerprint density at radius 3 is 2.13 bits per heavy atom. The molecule has 0 bridgehead atoms. The fourth-order valence-electron chi connectivity index (χ4n) is 2.42. The first-order valence-electron chi connectivity index (χ1n) is 7.49. The smallest absolute Gasteiger partial charge is 0.320 e. The SMILES string of the molecule is COc1ccc(CN([C@@H](CCC(=O)O)C(=O)O)C(C)(C)C)cc1. The molecule has 0 fully saturated rings. The van der Waals surface area contributed by atoms with Gasteiger partial charge < -0.3 is 14.9 Å². The van der Waals surface area contributed by atoms with Crippen molar-refractivity contribution in [2.75, 3.05) is 7.11 Å². The zero-order valence-electron chi connectivity index (χ0n) is 14.1. The van der Waals surface area contributed by atoms with Crippen LogP contribution in [0, 0.1) is 0 Å². The molecule has 128 valence electrons. The fraction of sp³-hybridized carbons (Fsp3) is 0.529. The highest BCUT2D eigenvalue weighted by atomic mass is 16.5. The molecule has 0 aliphatic heterocycles. The number of carbonyl (C=O) groups is 2. The Balaban J connectivity index is 3.00. The number of nitrogens with zero attached hydrogens (tertiary/aromatic N) is 1. The summed E-state index contributed by atoms with van der Waals surface area (Å²) in [5.74, 6) is -1.26. The van der Waals surface area contributed by atoms with Gasteiger partial charge in [-0.25, -0.2) is 0 Å². The van der Waals surface area contributed by atoms with E-state index in [1.54, 1.807) is 7.11 Å². The zero-order valence-corrected chi connectivity index (χ0v) is 14.1. The maximum absolute atomic E-state index is 11.6. The second-order valence-electron chi connectivity index (χ2n) is 6.43. The Bertz CT molecular complexity index is 533. The Kier molecular flexibility index (Phi) is 6.57. The van der Waals surface area contributed by atoms with Crippen molar-refractivity contribution in [2.45, 2.75) is 51.7 Å².